The Kier molecular flexibility index (Phi) is 5.10. The summed E-state index contributed by atoms with van der Waals surface area (Å²) < 4.78 is 0. The topological polar surface area (TPSA) is 67.2 Å². The summed E-state index contributed by atoms with van der Waals surface area (Å²) in [6, 6.07) is 7.57. The van der Waals surface area contributed by atoms with Gasteiger partial charge in [0.15, 0.2) is 0 Å². The van der Waals surface area contributed by atoms with E-state index < -0.39 is 0 Å². The molecule has 1 amide bonds. The number of rotatable bonds is 4. The number of benzene rings is 1. The van der Waals surface area contributed by atoms with Gasteiger partial charge in [-0.3, -0.25) is 10.6 Å². The van der Waals surface area contributed by atoms with Gasteiger partial charge < -0.3 is 10.7 Å². The lowest BCUT2D eigenvalue weighted by Crippen LogP contribution is -2.43. The van der Waals surface area contributed by atoms with Crippen LogP contribution in [-0.2, 0) is 0 Å². The van der Waals surface area contributed by atoms with E-state index in [-0.39, 0.29) is 11.9 Å². The minimum atomic E-state index is -0.0421. The lowest BCUT2D eigenvalue weighted by atomic mass is 9.94. The molecule has 5 heteroatoms. The zero-order valence-electron chi connectivity index (χ0n) is 11.2. The number of nitrogens with one attached hydrogen (secondary N) is 2. The monoisotopic (exact) mass is 279 g/mol. The second-order valence-corrected chi connectivity index (χ2v) is 5.91. The fourth-order valence-electron chi connectivity index (χ4n) is 2.60. The van der Waals surface area contributed by atoms with Crippen molar-refractivity contribution in [2.24, 2.45) is 5.84 Å². The van der Waals surface area contributed by atoms with E-state index in [1.807, 2.05) is 30.0 Å². The summed E-state index contributed by atoms with van der Waals surface area (Å²) in [6.07, 6.45) is 6.82. The molecule has 1 saturated carbocycles. The number of thioether (sulfide) groups is 1. The Labute approximate surface area is 118 Å². The van der Waals surface area contributed by atoms with Crippen LogP contribution in [0.25, 0.3) is 0 Å². The number of anilines is 1. The summed E-state index contributed by atoms with van der Waals surface area (Å²) in [7, 11) is 0. The number of hydrogen-bond acceptors (Lipinski definition) is 4. The number of para-hydroxylation sites is 1. The molecule has 2 atom stereocenters. The number of nitrogen functional groups attached to an aromatic ring is 1. The number of amides is 1. The van der Waals surface area contributed by atoms with E-state index in [2.05, 4.69) is 17.0 Å². The first-order valence-electron chi connectivity index (χ1n) is 6.65. The van der Waals surface area contributed by atoms with E-state index >= 15 is 0 Å². The Bertz CT molecular complexity index is 438. The van der Waals surface area contributed by atoms with Crippen LogP contribution in [-0.4, -0.2) is 23.5 Å². The van der Waals surface area contributed by atoms with Gasteiger partial charge in [-0.25, -0.2) is 0 Å². The SMILES string of the molecule is CSC1CCCCC1NC(=O)c1ccccc1NN. The second kappa shape index (κ2) is 6.82. The fourth-order valence-corrected chi connectivity index (χ4v) is 3.53. The van der Waals surface area contributed by atoms with Gasteiger partial charge in [0.2, 0.25) is 0 Å². The van der Waals surface area contributed by atoms with Gasteiger partial charge in [0, 0.05) is 11.3 Å². The summed E-state index contributed by atoms with van der Waals surface area (Å²) in [5.74, 6) is 5.40. The molecule has 1 aliphatic rings. The normalized spacial score (nSPS) is 22.8. The lowest BCUT2D eigenvalue weighted by Gasteiger charge is -2.31. The van der Waals surface area contributed by atoms with Crippen molar-refractivity contribution in [3.63, 3.8) is 0 Å². The largest absolute Gasteiger partial charge is 0.348 e. The Hall–Kier alpha value is -1.20. The van der Waals surface area contributed by atoms with E-state index in [1.54, 1.807) is 6.07 Å². The molecule has 0 aromatic heterocycles. The average molecular weight is 279 g/mol. The minimum absolute atomic E-state index is 0.0421. The molecule has 0 aliphatic heterocycles. The van der Waals surface area contributed by atoms with E-state index in [9.17, 15) is 4.79 Å². The van der Waals surface area contributed by atoms with Crippen LogP contribution in [0.5, 0.6) is 0 Å². The summed E-state index contributed by atoms with van der Waals surface area (Å²) >= 11 is 1.85. The van der Waals surface area contributed by atoms with E-state index in [4.69, 9.17) is 5.84 Å². The van der Waals surface area contributed by atoms with Crippen molar-refractivity contribution >= 4 is 23.4 Å². The van der Waals surface area contributed by atoms with Gasteiger partial charge in [-0.2, -0.15) is 11.8 Å². The number of carbonyl (C=O) groups excluding carboxylic acids is 1. The van der Waals surface area contributed by atoms with Crippen LogP contribution in [0.4, 0.5) is 5.69 Å². The van der Waals surface area contributed by atoms with E-state index in [1.165, 1.54) is 19.3 Å². The Balaban J connectivity index is 2.07. The molecule has 1 aromatic rings. The van der Waals surface area contributed by atoms with E-state index in [0.717, 1.165) is 6.42 Å². The molecule has 0 heterocycles. The van der Waals surface area contributed by atoms with Gasteiger partial charge in [0.25, 0.3) is 5.91 Å². The predicted molar refractivity (Wildman–Crippen MR) is 81.3 cm³/mol. The fraction of sp³-hybridized carbons (Fsp3) is 0.500. The second-order valence-electron chi connectivity index (χ2n) is 4.83. The zero-order chi connectivity index (χ0) is 13.7. The van der Waals surface area contributed by atoms with Gasteiger partial charge in [0.1, 0.15) is 0 Å². The van der Waals surface area contributed by atoms with Crippen LogP contribution < -0.4 is 16.6 Å². The van der Waals surface area contributed by atoms with Crippen LogP contribution in [0, 0.1) is 0 Å². The van der Waals surface area contributed by atoms with Crippen molar-refractivity contribution in [2.45, 2.75) is 37.0 Å². The van der Waals surface area contributed by atoms with Crippen molar-refractivity contribution in [3.05, 3.63) is 29.8 Å². The first-order chi connectivity index (χ1) is 9.26. The molecule has 0 bridgehead atoms. The van der Waals surface area contributed by atoms with Crippen molar-refractivity contribution in [3.8, 4) is 0 Å². The van der Waals surface area contributed by atoms with Crippen LogP contribution in [0.15, 0.2) is 24.3 Å². The smallest absolute Gasteiger partial charge is 0.253 e. The Morgan fingerprint density at radius 3 is 2.79 bits per heavy atom. The average Bonchev–Trinajstić information content (AvgIpc) is 2.47. The minimum Gasteiger partial charge on any atom is -0.348 e. The highest BCUT2D eigenvalue weighted by Crippen LogP contribution is 2.27. The summed E-state index contributed by atoms with van der Waals surface area (Å²) in [5.41, 5.74) is 3.84. The molecule has 4 nitrogen and oxygen atoms in total. The molecule has 1 aliphatic carbocycles. The molecule has 0 saturated heterocycles. The third-order valence-corrected chi connectivity index (χ3v) is 4.82. The molecule has 1 aromatic carbocycles. The van der Waals surface area contributed by atoms with Gasteiger partial charge in [0.05, 0.1) is 11.3 Å². The zero-order valence-corrected chi connectivity index (χ0v) is 12.0. The van der Waals surface area contributed by atoms with Crippen molar-refractivity contribution in [1.29, 1.82) is 0 Å². The summed E-state index contributed by atoms with van der Waals surface area (Å²) in [4.78, 5) is 12.3. The van der Waals surface area contributed by atoms with Crippen LogP contribution in [0.3, 0.4) is 0 Å². The molecule has 1 fully saturated rings. The third kappa shape index (κ3) is 3.42. The van der Waals surface area contributed by atoms with Crippen LogP contribution >= 0.6 is 11.8 Å². The maximum atomic E-state index is 12.3. The van der Waals surface area contributed by atoms with Crippen molar-refractivity contribution < 1.29 is 4.79 Å². The summed E-state index contributed by atoms with van der Waals surface area (Å²) in [6.45, 7) is 0. The molecule has 2 unspecified atom stereocenters. The van der Waals surface area contributed by atoms with Crippen LogP contribution in [0.2, 0.25) is 0 Å². The molecule has 19 heavy (non-hydrogen) atoms. The highest BCUT2D eigenvalue weighted by atomic mass is 32.2. The number of hydrazine groups is 1. The molecule has 4 N–H and O–H groups in total. The molecule has 104 valence electrons. The Morgan fingerprint density at radius 2 is 2.05 bits per heavy atom. The van der Waals surface area contributed by atoms with Crippen molar-refractivity contribution in [2.75, 3.05) is 11.7 Å². The standard InChI is InChI=1S/C14H21N3OS/c1-19-13-9-5-4-8-12(13)16-14(18)10-6-2-3-7-11(10)17-15/h2-3,6-7,12-13,17H,4-5,8-9,15H2,1H3,(H,16,18). The highest BCUT2D eigenvalue weighted by molar-refractivity contribution is 7.99. The highest BCUT2D eigenvalue weighted by Gasteiger charge is 2.26. The number of hydrogen-bond donors (Lipinski definition) is 3. The molecular formula is C14H21N3OS. The first-order valence-corrected chi connectivity index (χ1v) is 7.94. The number of nitrogens with two attached hydrogens (primary N) is 1. The quantitative estimate of drug-likeness (QED) is 0.585. The molecule has 0 radical (unpaired) electrons. The third-order valence-electron chi connectivity index (χ3n) is 3.65. The molecule has 0 spiro atoms. The van der Waals surface area contributed by atoms with Crippen molar-refractivity contribution in [1.82, 2.24) is 5.32 Å². The van der Waals surface area contributed by atoms with Gasteiger partial charge in [-0.1, -0.05) is 25.0 Å². The lowest BCUT2D eigenvalue weighted by molar-refractivity contribution is 0.0930. The summed E-state index contributed by atoms with van der Waals surface area (Å²) in [5, 5.41) is 3.68. The van der Waals surface area contributed by atoms with E-state index in [0.29, 0.717) is 16.5 Å². The van der Waals surface area contributed by atoms with Gasteiger partial charge >= 0.3 is 0 Å². The predicted octanol–water partition coefficient (Wildman–Crippen LogP) is 2.38. The molecule has 2 rings (SSSR count). The maximum Gasteiger partial charge on any atom is 0.253 e. The van der Waals surface area contributed by atoms with Gasteiger partial charge in [-0.15, -0.1) is 0 Å². The molecular weight excluding hydrogens is 258 g/mol. The van der Waals surface area contributed by atoms with Gasteiger partial charge in [-0.05, 0) is 31.2 Å². The van der Waals surface area contributed by atoms with Crippen LogP contribution in [0.1, 0.15) is 36.0 Å². The maximum absolute atomic E-state index is 12.3. The first kappa shape index (κ1) is 14.2. The Morgan fingerprint density at radius 1 is 1.32 bits per heavy atom. The number of carbonyl (C=O) groups is 1.